The normalized spacial score (nSPS) is 16.4. The fourth-order valence-electron chi connectivity index (χ4n) is 5.60. The second-order valence-electron chi connectivity index (χ2n) is 11.8. The standard InChI is InChI=1S/C31H42N4O2/c1-19-14-20(2)34-30(37)26(19)18-33-29(36)25-15-23(22-12-13-32-28(17-22)31(4,5)6)16-27(21(25)3)35(7)24-10-8-9-11-24/h14-17,24H,8-13,18H2,1-7H3,(H,33,36)(H,34,37). The van der Waals surface area contributed by atoms with Gasteiger partial charge in [-0.05, 0) is 86.6 Å². The van der Waals surface area contributed by atoms with Crippen LogP contribution in [0.25, 0.3) is 5.57 Å². The van der Waals surface area contributed by atoms with E-state index in [4.69, 9.17) is 4.99 Å². The Bertz CT molecular complexity index is 1300. The fraction of sp³-hybridized carbons (Fsp3) is 0.516. The number of hydrogen-bond acceptors (Lipinski definition) is 4. The van der Waals surface area contributed by atoms with Gasteiger partial charge in [-0.3, -0.25) is 14.6 Å². The van der Waals surface area contributed by atoms with Gasteiger partial charge in [0, 0.05) is 59.8 Å². The van der Waals surface area contributed by atoms with E-state index in [1.807, 2.05) is 32.9 Å². The Morgan fingerprint density at radius 1 is 1.14 bits per heavy atom. The number of amides is 1. The molecule has 1 fully saturated rings. The van der Waals surface area contributed by atoms with Gasteiger partial charge in [0.2, 0.25) is 0 Å². The Balaban J connectivity index is 1.72. The van der Waals surface area contributed by atoms with Crippen molar-refractivity contribution in [3.8, 4) is 0 Å². The number of H-pyrrole nitrogens is 1. The van der Waals surface area contributed by atoms with Crippen LogP contribution in [0.15, 0.2) is 34.1 Å². The molecule has 1 saturated carbocycles. The quantitative estimate of drug-likeness (QED) is 0.518. The molecule has 0 saturated heterocycles. The van der Waals surface area contributed by atoms with E-state index in [9.17, 15) is 9.59 Å². The molecular weight excluding hydrogens is 460 g/mol. The van der Waals surface area contributed by atoms with Crippen molar-refractivity contribution in [2.75, 3.05) is 18.5 Å². The van der Waals surface area contributed by atoms with Crippen LogP contribution in [0.1, 0.15) is 91.2 Å². The van der Waals surface area contributed by atoms with Crippen molar-refractivity contribution in [2.45, 2.75) is 86.2 Å². The number of rotatable bonds is 6. The van der Waals surface area contributed by atoms with Crippen molar-refractivity contribution in [2.24, 2.45) is 10.4 Å². The summed E-state index contributed by atoms with van der Waals surface area (Å²) < 4.78 is 0. The Morgan fingerprint density at radius 3 is 2.49 bits per heavy atom. The van der Waals surface area contributed by atoms with Gasteiger partial charge in [0.15, 0.2) is 0 Å². The molecule has 0 radical (unpaired) electrons. The zero-order valence-corrected chi connectivity index (χ0v) is 23.5. The summed E-state index contributed by atoms with van der Waals surface area (Å²) in [7, 11) is 2.16. The molecule has 0 unspecified atom stereocenters. The molecule has 6 nitrogen and oxygen atoms in total. The van der Waals surface area contributed by atoms with E-state index in [1.165, 1.54) is 31.3 Å². The lowest BCUT2D eigenvalue weighted by Crippen LogP contribution is -2.31. The van der Waals surface area contributed by atoms with Crippen LogP contribution in [-0.4, -0.2) is 36.2 Å². The molecule has 1 aliphatic heterocycles. The average molecular weight is 503 g/mol. The zero-order chi connectivity index (χ0) is 26.9. The third kappa shape index (κ3) is 5.89. The van der Waals surface area contributed by atoms with Crippen LogP contribution < -0.4 is 15.8 Å². The minimum Gasteiger partial charge on any atom is -0.371 e. The Labute approximate surface area is 221 Å². The summed E-state index contributed by atoms with van der Waals surface area (Å²) in [6, 6.07) is 6.72. The molecule has 1 aromatic heterocycles. The van der Waals surface area contributed by atoms with Crippen molar-refractivity contribution in [3.05, 3.63) is 68.1 Å². The smallest absolute Gasteiger partial charge is 0.253 e. The number of nitrogens with one attached hydrogen (secondary N) is 2. The Morgan fingerprint density at radius 2 is 1.84 bits per heavy atom. The van der Waals surface area contributed by atoms with Gasteiger partial charge in [0.25, 0.3) is 11.5 Å². The molecule has 1 aliphatic carbocycles. The highest BCUT2D eigenvalue weighted by Gasteiger charge is 2.26. The largest absolute Gasteiger partial charge is 0.371 e. The minimum atomic E-state index is -0.152. The highest BCUT2D eigenvalue weighted by Crippen LogP contribution is 2.35. The predicted octanol–water partition coefficient (Wildman–Crippen LogP) is 5.88. The molecule has 2 N–H and O–H groups in total. The number of aliphatic imine (C=N–C) groups is 1. The summed E-state index contributed by atoms with van der Waals surface area (Å²) in [5.74, 6) is -0.152. The highest BCUT2D eigenvalue weighted by molar-refractivity contribution is 6.06. The third-order valence-corrected chi connectivity index (χ3v) is 7.91. The predicted molar refractivity (Wildman–Crippen MR) is 154 cm³/mol. The molecule has 2 aromatic rings. The number of carbonyl (C=O) groups is 1. The van der Waals surface area contributed by atoms with Crippen molar-refractivity contribution < 1.29 is 4.79 Å². The molecule has 1 aromatic carbocycles. The van der Waals surface area contributed by atoms with Crippen molar-refractivity contribution in [3.63, 3.8) is 0 Å². The number of allylic oxidation sites excluding steroid dienone is 1. The molecular formula is C31H42N4O2. The Kier molecular flexibility index (Phi) is 7.77. The summed E-state index contributed by atoms with van der Waals surface area (Å²) in [6.07, 6.45) is 7.93. The van der Waals surface area contributed by atoms with Gasteiger partial charge >= 0.3 is 0 Å². The number of benzene rings is 1. The van der Waals surface area contributed by atoms with E-state index in [0.29, 0.717) is 17.2 Å². The van der Waals surface area contributed by atoms with Crippen LogP contribution in [-0.2, 0) is 6.54 Å². The van der Waals surface area contributed by atoms with E-state index < -0.39 is 0 Å². The average Bonchev–Trinajstić information content (AvgIpc) is 3.37. The molecule has 6 heteroatoms. The van der Waals surface area contributed by atoms with Gasteiger partial charge in [-0.1, -0.05) is 33.6 Å². The third-order valence-electron chi connectivity index (χ3n) is 7.91. The van der Waals surface area contributed by atoms with E-state index in [2.05, 4.69) is 55.2 Å². The van der Waals surface area contributed by atoms with Gasteiger partial charge in [-0.25, -0.2) is 0 Å². The second kappa shape index (κ2) is 10.7. The van der Waals surface area contributed by atoms with E-state index in [1.54, 1.807) is 0 Å². The first-order chi connectivity index (χ1) is 17.5. The molecule has 4 rings (SSSR count). The first-order valence-corrected chi connectivity index (χ1v) is 13.6. The highest BCUT2D eigenvalue weighted by atomic mass is 16.1. The lowest BCUT2D eigenvalue weighted by atomic mass is 9.85. The number of hydrogen-bond donors (Lipinski definition) is 2. The summed E-state index contributed by atoms with van der Waals surface area (Å²) in [6.45, 7) is 13.3. The van der Waals surface area contributed by atoms with Gasteiger partial charge in [0.1, 0.15) is 0 Å². The number of aromatic amines is 1. The summed E-state index contributed by atoms with van der Waals surface area (Å²) in [4.78, 5) is 36.1. The van der Waals surface area contributed by atoms with Crippen molar-refractivity contribution >= 4 is 22.9 Å². The van der Waals surface area contributed by atoms with Crippen LogP contribution in [0.4, 0.5) is 5.69 Å². The number of anilines is 1. The van der Waals surface area contributed by atoms with Gasteiger partial charge in [-0.15, -0.1) is 0 Å². The number of dihydropyridines is 1. The van der Waals surface area contributed by atoms with Crippen LogP contribution >= 0.6 is 0 Å². The van der Waals surface area contributed by atoms with Crippen LogP contribution in [0, 0.1) is 26.2 Å². The molecule has 1 amide bonds. The van der Waals surface area contributed by atoms with E-state index in [0.717, 1.165) is 46.7 Å². The SMILES string of the molecule is Cc1cc(C)c(CNC(=O)c2cc(C3=CC(C(C)(C)C)=NCC3)cc(N(C)C3CCCC3)c2C)c(=O)[nH]1. The summed E-state index contributed by atoms with van der Waals surface area (Å²) >= 11 is 0. The topological polar surface area (TPSA) is 77.6 Å². The van der Waals surface area contributed by atoms with Gasteiger partial charge in [0.05, 0.1) is 0 Å². The number of pyridine rings is 1. The number of carbonyl (C=O) groups excluding carboxylic acids is 1. The molecule has 2 aliphatic rings. The molecule has 37 heavy (non-hydrogen) atoms. The first kappa shape index (κ1) is 26.9. The van der Waals surface area contributed by atoms with Gasteiger partial charge < -0.3 is 15.2 Å². The molecule has 0 atom stereocenters. The molecule has 0 bridgehead atoms. The molecule has 2 heterocycles. The first-order valence-electron chi connectivity index (χ1n) is 13.6. The summed E-state index contributed by atoms with van der Waals surface area (Å²) in [5, 5.41) is 3.04. The van der Waals surface area contributed by atoms with E-state index in [-0.39, 0.29) is 23.4 Å². The number of aromatic nitrogens is 1. The maximum atomic E-state index is 13.6. The monoisotopic (exact) mass is 502 g/mol. The fourth-order valence-corrected chi connectivity index (χ4v) is 5.60. The lowest BCUT2D eigenvalue weighted by Gasteiger charge is -2.30. The second-order valence-corrected chi connectivity index (χ2v) is 11.8. The summed E-state index contributed by atoms with van der Waals surface area (Å²) in [5.41, 5.74) is 8.28. The lowest BCUT2D eigenvalue weighted by molar-refractivity contribution is 0.0950. The Hall–Kier alpha value is -3.15. The molecule has 0 spiro atoms. The van der Waals surface area contributed by atoms with Gasteiger partial charge in [-0.2, -0.15) is 0 Å². The maximum absolute atomic E-state index is 13.6. The maximum Gasteiger partial charge on any atom is 0.253 e. The van der Waals surface area contributed by atoms with Crippen LogP contribution in [0.3, 0.4) is 0 Å². The molecule has 198 valence electrons. The number of aryl methyl sites for hydroxylation is 2. The van der Waals surface area contributed by atoms with Crippen LogP contribution in [0.5, 0.6) is 0 Å². The number of nitrogens with zero attached hydrogens (tertiary/aromatic N) is 2. The van der Waals surface area contributed by atoms with Crippen molar-refractivity contribution in [1.29, 1.82) is 0 Å². The minimum absolute atomic E-state index is 0.0288. The van der Waals surface area contributed by atoms with Crippen molar-refractivity contribution in [1.82, 2.24) is 10.3 Å². The van der Waals surface area contributed by atoms with Crippen LogP contribution in [0.2, 0.25) is 0 Å². The van der Waals surface area contributed by atoms with E-state index >= 15 is 0 Å². The zero-order valence-electron chi connectivity index (χ0n) is 23.5.